The maximum atomic E-state index is 13.9. The molecule has 0 bridgehead atoms. The number of hydrogen-bond acceptors (Lipinski definition) is 4. The maximum absolute atomic E-state index is 13.9. The van der Waals surface area contributed by atoms with Gasteiger partial charge in [0.1, 0.15) is 24.1 Å². The molecule has 1 aliphatic rings. The van der Waals surface area contributed by atoms with Crippen molar-refractivity contribution in [2.45, 2.75) is 13.2 Å². The summed E-state index contributed by atoms with van der Waals surface area (Å²) in [6.07, 6.45) is 1.67. The third kappa shape index (κ3) is 3.44. The normalized spacial score (nSPS) is 13.1. The number of benzene rings is 2. The number of H-pyrrole nitrogens is 1. The molecular weight excluding hydrogens is 319 g/mol. The van der Waals surface area contributed by atoms with Gasteiger partial charge < -0.3 is 9.72 Å². The topological polar surface area (TPSA) is 53.5 Å². The van der Waals surface area contributed by atoms with E-state index in [-0.39, 0.29) is 5.82 Å². The van der Waals surface area contributed by atoms with E-state index in [4.69, 9.17) is 4.74 Å². The highest BCUT2D eigenvalue weighted by molar-refractivity contribution is 5.80. The van der Waals surface area contributed by atoms with E-state index >= 15 is 0 Å². The minimum atomic E-state index is -0.298. The summed E-state index contributed by atoms with van der Waals surface area (Å²) >= 11 is 0. The number of hydrogen-bond donors (Lipinski definition) is 1. The van der Waals surface area contributed by atoms with Crippen molar-refractivity contribution < 1.29 is 9.13 Å². The van der Waals surface area contributed by atoms with E-state index < -0.39 is 0 Å². The zero-order valence-corrected chi connectivity index (χ0v) is 13.5. The Balaban J connectivity index is 1.41. The van der Waals surface area contributed by atoms with Crippen LogP contribution in [0.1, 0.15) is 17.0 Å². The lowest BCUT2D eigenvalue weighted by Gasteiger charge is -2.21. The maximum Gasteiger partial charge on any atom is 0.141 e. The molecule has 0 fully saturated rings. The third-order valence-electron chi connectivity index (χ3n) is 3.98. The van der Waals surface area contributed by atoms with Crippen LogP contribution in [-0.4, -0.2) is 27.9 Å². The third-order valence-corrected chi connectivity index (χ3v) is 3.98. The molecule has 2 heterocycles. The lowest BCUT2D eigenvalue weighted by molar-refractivity contribution is 0.0144. The van der Waals surface area contributed by atoms with Gasteiger partial charge in [0.05, 0.1) is 30.6 Å². The minimum absolute atomic E-state index is 0.298. The highest BCUT2D eigenvalue weighted by atomic mass is 19.1. The predicted molar refractivity (Wildman–Crippen MR) is 93.2 cm³/mol. The number of halogens is 1. The Morgan fingerprint density at radius 2 is 1.88 bits per heavy atom. The number of nitrogens with one attached hydrogen (secondary N) is 1. The smallest absolute Gasteiger partial charge is 0.141 e. The lowest BCUT2D eigenvalue weighted by Crippen LogP contribution is -2.24. The molecule has 0 atom stereocenters. The second kappa shape index (κ2) is 6.86. The largest absolute Gasteiger partial charge is 0.355 e. The molecule has 4 rings (SSSR count). The van der Waals surface area contributed by atoms with E-state index in [2.05, 4.69) is 15.1 Å². The Kier molecular flexibility index (Phi) is 4.26. The molecule has 5 nitrogen and oxygen atoms in total. The summed E-state index contributed by atoms with van der Waals surface area (Å²) in [6, 6.07) is 16.6. The predicted octanol–water partition coefficient (Wildman–Crippen LogP) is 3.54. The Morgan fingerprint density at radius 1 is 1.08 bits per heavy atom. The fourth-order valence-electron chi connectivity index (χ4n) is 2.71. The number of ether oxygens (including phenoxy) is 1. The first-order valence-electron chi connectivity index (χ1n) is 8.04. The van der Waals surface area contributed by atoms with Crippen LogP contribution in [0.5, 0.6) is 0 Å². The van der Waals surface area contributed by atoms with Gasteiger partial charge in [-0.25, -0.2) is 9.37 Å². The van der Waals surface area contributed by atoms with E-state index in [0.717, 1.165) is 17.0 Å². The van der Waals surface area contributed by atoms with Gasteiger partial charge in [0.2, 0.25) is 0 Å². The molecule has 1 aromatic heterocycles. The average molecular weight is 336 g/mol. The molecule has 0 unspecified atom stereocenters. The monoisotopic (exact) mass is 336 g/mol. The van der Waals surface area contributed by atoms with Crippen LogP contribution < -0.4 is 0 Å². The molecule has 0 amide bonds. The fourth-order valence-corrected chi connectivity index (χ4v) is 2.71. The van der Waals surface area contributed by atoms with E-state index in [0.29, 0.717) is 31.3 Å². The van der Waals surface area contributed by atoms with Crippen LogP contribution in [0.15, 0.2) is 59.7 Å². The van der Waals surface area contributed by atoms with E-state index in [1.807, 2.05) is 30.3 Å². The van der Waals surface area contributed by atoms with Crippen molar-refractivity contribution in [1.82, 2.24) is 15.0 Å². The lowest BCUT2D eigenvalue weighted by atomic mass is 10.2. The number of hydrazone groups is 1. The van der Waals surface area contributed by atoms with Crippen molar-refractivity contribution in [2.75, 3.05) is 6.73 Å². The van der Waals surface area contributed by atoms with Crippen LogP contribution in [0, 0.1) is 5.82 Å². The minimum Gasteiger partial charge on any atom is -0.355 e. The second-order valence-corrected chi connectivity index (χ2v) is 5.80. The molecule has 3 aromatic rings. The molecule has 25 heavy (non-hydrogen) atoms. The van der Waals surface area contributed by atoms with Crippen LogP contribution in [0.2, 0.25) is 0 Å². The first-order chi connectivity index (χ1) is 12.3. The van der Waals surface area contributed by atoms with Crippen molar-refractivity contribution in [3.05, 3.63) is 77.4 Å². The number of aromatic nitrogens is 2. The standard InChI is InChI=1S/C19H17FN4O/c20-16-9-5-4-8-15(16)19-22-17-10-21-24(11-18(17)23-19)13-25-12-14-6-2-1-3-7-14/h1-10H,11-13H2,(H,22,23). The summed E-state index contributed by atoms with van der Waals surface area (Å²) < 4.78 is 19.6. The van der Waals surface area contributed by atoms with Crippen LogP contribution in [0.4, 0.5) is 4.39 Å². The molecule has 126 valence electrons. The quantitative estimate of drug-likeness (QED) is 0.775. The van der Waals surface area contributed by atoms with E-state index in [1.165, 1.54) is 6.07 Å². The van der Waals surface area contributed by atoms with Crippen LogP contribution in [0.25, 0.3) is 11.4 Å². The van der Waals surface area contributed by atoms with E-state index in [9.17, 15) is 4.39 Å². The average Bonchev–Trinajstić information content (AvgIpc) is 3.06. The zero-order chi connectivity index (χ0) is 17.1. The van der Waals surface area contributed by atoms with Crippen LogP contribution in [-0.2, 0) is 17.9 Å². The molecule has 1 N–H and O–H groups in total. The molecule has 0 saturated carbocycles. The number of imidazole rings is 1. The Bertz CT molecular complexity index is 891. The highest BCUT2D eigenvalue weighted by Gasteiger charge is 2.18. The summed E-state index contributed by atoms with van der Waals surface area (Å²) in [5, 5.41) is 6.14. The van der Waals surface area contributed by atoms with Gasteiger partial charge in [-0.3, -0.25) is 5.01 Å². The first-order valence-corrected chi connectivity index (χ1v) is 8.04. The zero-order valence-electron chi connectivity index (χ0n) is 13.5. The first kappa shape index (κ1) is 15.5. The van der Waals surface area contributed by atoms with Gasteiger partial charge >= 0.3 is 0 Å². The Morgan fingerprint density at radius 3 is 2.72 bits per heavy atom. The highest BCUT2D eigenvalue weighted by Crippen LogP contribution is 2.23. The molecule has 0 spiro atoms. The summed E-state index contributed by atoms with van der Waals surface area (Å²) in [5.41, 5.74) is 3.21. The second-order valence-electron chi connectivity index (χ2n) is 5.80. The molecular formula is C19H17FN4O. The van der Waals surface area contributed by atoms with Gasteiger partial charge in [0, 0.05) is 0 Å². The van der Waals surface area contributed by atoms with Crippen molar-refractivity contribution in [3.63, 3.8) is 0 Å². The number of rotatable bonds is 5. The molecule has 1 aliphatic heterocycles. The number of aromatic amines is 1. The van der Waals surface area contributed by atoms with Gasteiger partial charge in [-0.1, -0.05) is 42.5 Å². The van der Waals surface area contributed by atoms with Crippen molar-refractivity contribution in [1.29, 1.82) is 0 Å². The van der Waals surface area contributed by atoms with Gasteiger partial charge in [-0.05, 0) is 17.7 Å². The molecule has 0 aliphatic carbocycles. The number of fused-ring (bicyclic) bond motifs is 1. The van der Waals surface area contributed by atoms with Gasteiger partial charge in [0.25, 0.3) is 0 Å². The Labute approximate surface area is 144 Å². The SMILES string of the molecule is Fc1ccccc1-c1nc2c([nH]1)CN(COCc1ccccc1)N=C2. The summed E-state index contributed by atoms with van der Waals surface area (Å²) in [6.45, 7) is 1.45. The van der Waals surface area contributed by atoms with Crippen molar-refractivity contribution >= 4 is 6.21 Å². The molecule has 6 heteroatoms. The summed E-state index contributed by atoms with van der Waals surface area (Å²) in [5.74, 6) is 0.218. The van der Waals surface area contributed by atoms with Crippen LogP contribution >= 0.6 is 0 Å². The number of nitrogens with zero attached hydrogens (tertiary/aromatic N) is 3. The van der Waals surface area contributed by atoms with Crippen molar-refractivity contribution in [3.8, 4) is 11.4 Å². The van der Waals surface area contributed by atoms with Crippen molar-refractivity contribution in [2.24, 2.45) is 5.10 Å². The summed E-state index contributed by atoms with van der Waals surface area (Å²) in [4.78, 5) is 7.62. The van der Waals surface area contributed by atoms with E-state index in [1.54, 1.807) is 29.4 Å². The fraction of sp³-hybridized carbons (Fsp3) is 0.158. The van der Waals surface area contributed by atoms with Gasteiger partial charge in [0.15, 0.2) is 0 Å². The summed E-state index contributed by atoms with van der Waals surface area (Å²) in [7, 11) is 0. The van der Waals surface area contributed by atoms with Gasteiger partial charge in [-0.2, -0.15) is 5.10 Å². The Hall–Kier alpha value is -2.99. The molecule has 0 saturated heterocycles. The molecule has 2 aromatic carbocycles. The van der Waals surface area contributed by atoms with Crippen LogP contribution in [0.3, 0.4) is 0 Å². The van der Waals surface area contributed by atoms with Gasteiger partial charge in [-0.15, -0.1) is 0 Å². The molecule has 0 radical (unpaired) electrons.